The van der Waals surface area contributed by atoms with Gasteiger partial charge < -0.3 is 5.32 Å². The van der Waals surface area contributed by atoms with Crippen molar-refractivity contribution in [3.63, 3.8) is 0 Å². The standard InChI is InChI=1S/C23H27N3/c1-4-18-9-5-6-11-21(18)26-23-20(10-7-8-12-24-23)22(25-26)19-14-16(2)13-17(3)15-19/h5-6,9,11,13-15,24H,4,7-8,10,12H2,1-3H3. The molecule has 3 nitrogen and oxygen atoms in total. The Hall–Kier alpha value is -2.55. The van der Waals surface area contributed by atoms with Crippen LogP contribution in [0, 0.1) is 13.8 Å². The normalized spacial score (nSPS) is 13.8. The van der Waals surface area contributed by atoms with Crippen LogP contribution in [-0.4, -0.2) is 16.3 Å². The molecule has 0 saturated carbocycles. The van der Waals surface area contributed by atoms with Crippen LogP contribution in [0.1, 0.15) is 42.0 Å². The first kappa shape index (κ1) is 16.9. The second-order valence-corrected chi connectivity index (χ2v) is 7.33. The summed E-state index contributed by atoms with van der Waals surface area (Å²) in [4.78, 5) is 0. The van der Waals surface area contributed by atoms with E-state index in [1.54, 1.807) is 0 Å². The van der Waals surface area contributed by atoms with Crippen LogP contribution < -0.4 is 5.32 Å². The number of rotatable bonds is 3. The van der Waals surface area contributed by atoms with Crippen molar-refractivity contribution in [1.29, 1.82) is 0 Å². The quantitative estimate of drug-likeness (QED) is 0.682. The second kappa shape index (κ2) is 6.99. The first-order chi connectivity index (χ1) is 12.7. The number of hydrogen-bond donors (Lipinski definition) is 1. The maximum Gasteiger partial charge on any atom is 0.133 e. The molecule has 3 heteroatoms. The lowest BCUT2D eigenvalue weighted by molar-refractivity contribution is 0.779. The molecule has 0 atom stereocenters. The SMILES string of the molecule is CCc1ccccc1-n1nc(-c2cc(C)cc(C)c2)c2c1NCCCC2. The zero-order valence-corrected chi connectivity index (χ0v) is 16.0. The third-order valence-electron chi connectivity index (χ3n) is 5.23. The van der Waals surface area contributed by atoms with Crippen molar-refractivity contribution < 1.29 is 0 Å². The molecular formula is C23H27N3. The molecule has 0 amide bonds. The zero-order chi connectivity index (χ0) is 18.1. The molecule has 0 bridgehead atoms. The van der Waals surface area contributed by atoms with Crippen molar-refractivity contribution in [1.82, 2.24) is 9.78 Å². The van der Waals surface area contributed by atoms with Gasteiger partial charge >= 0.3 is 0 Å². The lowest BCUT2D eigenvalue weighted by Crippen LogP contribution is -2.08. The Labute approximate surface area is 156 Å². The van der Waals surface area contributed by atoms with E-state index in [-0.39, 0.29) is 0 Å². The Morgan fingerprint density at radius 2 is 1.81 bits per heavy atom. The van der Waals surface area contributed by atoms with Gasteiger partial charge in [0.2, 0.25) is 0 Å². The molecule has 0 spiro atoms. The highest BCUT2D eigenvalue weighted by molar-refractivity contribution is 5.72. The summed E-state index contributed by atoms with van der Waals surface area (Å²) in [5.74, 6) is 1.18. The number of anilines is 1. The van der Waals surface area contributed by atoms with Crippen molar-refractivity contribution in [2.75, 3.05) is 11.9 Å². The molecule has 0 saturated heterocycles. The molecule has 134 valence electrons. The number of aromatic nitrogens is 2. The monoisotopic (exact) mass is 345 g/mol. The summed E-state index contributed by atoms with van der Waals surface area (Å²) >= 11 is 0. The predicted octanol–water partition coefficient (Wildman–Crippen LogP) is 5.47. The number of para-hydroxylation sites is 1. The van der Waals surface area contributed by atoms with E-state index in [0.717, 1.165) is 25.1 Å². The molecule has 1 aromatic heterocycles. The Bertz CT molecular complexity index is 916. The highest BCUT2D eigenvalue weighted by atomic mass is 15.3. The number of nitrogens with zero attached hydrogens (tertiary/aromatic N) is 2. The van der Waals surface area contributed by atoms with E-state index in [2.05, 4.69) is 73.2 Å². The predicted molar refractivity (Wildman–Crippen MR) is 109 cm³/mol. The van der Waals surface area contributed by atoms with Gasteiger partial charge in [-0.15, -0.1) is 0 Å². The molecule has 0 unspecified atom stereocenters. The van der Waals surface area contributed by atoms with E-state index >= 15 is 0 Å². The lowest BCUT2D eigenvalue weighted by atomic mass is 10.00. The van der Waals surface area contributed by atoms with E-state index in [1.165, 1.54) is 52.2 Å². The van der Waals surface area contributed by atoms with Crippen molar-refractivity contribution >= 4 is 5.82 Å². The summed E-state index contributed by atoms with van der Waals surface area (Å²) in [6.45, 7) is 7.55. The molecule has 0 aliphatic carbocycles. The highest BCUT2D eigenvalue weighted by Crippen LogP contribution is 2.35. The van der Waals surface area contributed by atoms with Crippen LogP contribution in [-0.2, 0) is 12.8 Å². The largest absolute Gasteiger partial charge is 0.370 e. The van der Waals surface area contributed by atoms with E-state index in [9.17, 15) is 0 Å². The fourth-order valence-electron chi connectivity index (χ4n) is 4.04. The van der Waals surface area contributed by atoms with Gasteiger partial charge in [0.05, 0.1) is 11.4 Å². The molecule has 1 N–H and O–H groups in total. The van der Waals surface area contributed by atoms with Gasteiger partial charge in [0.25, 0.3) is 0 Å². The number of aryl methyl sites for hydroxylation is 3. The molecular weight excluding hydrogens is 318 g/mol. The minimum Gasteiger partial charge on any atom is -0.370 e. The van der Waals surface area contributed by atoms with Gasteiger partial charge in [-0.2, -0.15) is 5.10 Å². The number of fused-ring (bicyclic) bond motifs is 1. The topological polar surface area (TPSA) is 29.9 Å². The van der Waals surface area contributed by atoms with Crippen LogP contribution in [0.15, 0.2) is 42.5 Å². The lowest BCUT2D eigenvalue weighted by Gasteiger charge is -2.12. The van der Waals surface area contributed by atoms with Crippen molar-refractivity contribution in [3.05, 3.63) is 64.7 Å². The molecule has 0 fully saturated rings. The van der Waals surface area contributed by atoms with E-state index < -0.39 is 0 Å². The third-order valence-corrected chi connectivity index (χ3v) is 5.23. The molecule has 1 aliphatic rings. The Kier molecular flexibility index (Phi) is 4.54. The Morgan fingerprint density at radius 3 is 2.58 bits per heavy atom. The summed E-state index contributed by atoms with van der Waals surface area (Å²) in [6, 6.07) is 15.4. The number of nitrogens with one attached hydrogen (secondary N) is 1. The summed E-state index contributed by atoms with van der Waals surface area (Å²) in [5, 5.41) is 8.78. The van der Waals surface area contributed by atoms with Crippen molar-refractivity contribution in [2.45, 2.75) is 46.5 Å². The number of benzene rings is 2. The molecule has 0 radical (unpaired) electrons. The van der Waals surface area contributed by atoms with E-state index in [1.807, 2.05) is 0 Å². The second-order valence-electron chi connectivity index (χ2n) is 7.33. The maximum absolute atomic E-state index is 5.12. The molecule has 2 aromatic carbocycles. The van der Waals surface area contributed by atoms with Gasteiger partial charge in [-0.3, -0.25) is 0 Å². The molecule has 3 aromatic rings. The molecule has 1 aliphatic heterocycles. The molecule has 4 rings (SSSR count). The van der Waals surface area contributed by atoms with Gasteiger partial charge in [0.15, 0.2) is 0 Å². The number of hydrogen-bond acceptors (Lipinski definition) is 2. The van der Waals surface area contributed by atoms with Crippen molar-refractivity contribution in [3.8, 4) is 16.9 Å². The minimum atomic E-state index is 1.00. The van der Waals surface area contributed by atoms with Crippen LogP contribution in [0.2, 0.25) is 0 Å². The van der Waals surface area contributed by atoms with Crippen LogP contribution in [0.4, 0.5) is 5.82 Å². The highest BCUT2D eigenvalue weighted by Gasteiger charge is 2.22. The Morgan fingerprint density at radius 1 is 1.04 bits per heavy atom. The van der Waals surface area contributed by atoms with Gasteiger partial charge in [0, 0.05) is 17.7 Å². The fraction of sp³-hybridized carbons (Fsp3) is 0.348. The molecule has 2 heterocycles. The van der Waals surface area contributed by atoms with E-state index in [4.69, 9.17) is 5.10 Å². The average Bonchev–Trinajstić information content (AvgIpc) is 2.82. The van der Waals surface area contributed by atoms with E-state index in [0.29, 0.717) is 0 Å². The fourth-order valence-corrected chi connectivity index (χ4v) is 4.04. The summed E-state index contributed by atoms with van der Waals surface area (Å²) in [6.07, 6.45) is 4.50. The maximum atomic E-state index is 5.12. The smallest absolute Gasteiger partial charge is 0.133 e. The third kappa shape index (κ3) is 3.03. The summed E-state index contributed by atoms with van der Waals surface area (Å²) in [7, 11) is 0. The zero-order valence-electron chi connectivity index (χ0n) is 16.0. The minimum absolute atomic E-state index is 1.00. The van der Waals surface area contributed by atoms with Gasteiger partial charge in [-0.05, 0) is 63.3 Å². The summed E-state index contributed by atoms with van der Waals surface area (Å²) in [5.41, 5.74) is 8.82. The van der Waals surface area contributed by atoms with Crippen LogP contribution in [0.3, 0.4) is 0 Å². The first-order valence-corrected chi connectivity index (χ1v) is 9.70. The first-order valence-electron chi connectivity index (χ1n) is 9.70. The van der Waals surface area contributed by atoms with Crippen LogP contribution in [0.25, 0.3) is 16.9 Å². The van der Waals surface area contributed by atoms with Crippen molar-refractivity contribution in [2.24, 2.45) is 0 Å². The summed E-state index contributed by atoms with van der Waals surface area (Å²) < 4.78 is 2.15. The Balaban J connectivity index is 1.95. The van der Waals surface area contributed by atoms with Crippen LogP contribution >= 0.6 is 0 Å². The molecule has 26 heavy (non-hydrogen) atoms. The van der Waals surface area contributed by atoms with Gasteiger partial charge in [-0.25, -0.2) is 4.68 Å². The van der Waals surface area contributed by atoms with Crippen LogP contribution in [0.5, 0.6) is 0 Å². The van der Waals surface area contributed by atoms with Gasteiger partial charge in [-0.1, -0.05) is 42.3 Å². The van der Waals surface area contributed by atoms with Gasteiger partial charge in [0.1, 0.15) is 5.82 Å². The average molecular weight is 345 g/mol.